The number of ether oxygens (including phenoxy) is 1. The van der Waals surface area contributed by atoms with Crippen molar-refractivity contribution in [2.75, 3.05) is 19.7 Å². The van der Waals surface area contributed by atoms with Crippen LogP contribution in [0.25, 0.3) is 11.4 Å². The number of rotatable bonds is 6. The van der Waals surface area contributed by atoms with Crippen molar-refractivity contribution in [2.45, 2.75) is 26.2 Å². The second-order valence-corrected chi connectivity index (χ2v) is 8.59. The summed E-state index contributed by atoms with van der Waals surface area (Å²) in [5.74, 6) is 0.347. The number of likely N-dealkylation sites (tertiary alicyclic amines) is 1. The normalized spacial score (nSPS) is 18.4. The van der Waals surface area contributed by atoms with Gasteiger partial charge in [0.15, 0.2) is 0 Å². The lowest BCUT2D eigenvalue weighted by atomic mass is 9.75. The Kier molecular flexibility index (Phi) is 6.61. The average molecular weight is 452 g/mol. The minimum absolute atomic E-state index is 0.0992. The molecule has 1 atom stereocenters. The molecular formula is C25H26ClN3O3. The number of halogens is 1. The van der Waals surface area contributed by atoms with E-state index in [0.717, 1.165) is 17.5 Å². The Morgan fingerprint density at radius 1 is 1.22 bits per heavy atom. The maximum Gasteiger partial charge on any atom is 0.314 e. The zero-order valence-corrected chi connectivity index (χ0v) is 18.8. The van der Waals surface area contributed by atoms with Crippen LogP contribution in [0.3, 0.4) is 0 Å². The van der Waals surface area contributed by atoms with E-state index >= 15 is 0 Å². The molecule has 0 bridgehead atoms. The van der Waals surface area contributed by atoms with Crippen molar-refractivity contribution in [1.29, 1.82) is 0 Å². The third-order valence-electron chi connectivity index (χ3n) is 5.89. The summed E-state index contributed by atoms with van der Waals surface area (Å²) in [5.41, 5.74) is 1.57. The molecule has 6 nitrogen and oxygen atoms in total. The molecule has 2 heterocycles. The number of carbonyl (C=O) groups excluding carboxylic acids is 2. The van der Waals surface area contributed by atoms with Crippen molar-refractivity contribution in [2.24, 2.45) is 5.41 Å². The molecule has 4 rings (SSSR count). The number of carbonyl (C=O) groups is 2. The third kappa shape index (κ3) is 4.70. The zero-order valence-electron chi connectivity index (χ0n) is 18.0. The smallest absolute Gasteiger partial charge is 0.314 e. The Labute approximate surface area is 192 Å². The van der Waals surface area contributed by atoms with Gasteiger partial charge in [0, 0.05) is 41.6 Å². The van der Waals surface area contributed by atoms with E-state index in [0.29, 0.717) is 48.9 Å². The first kappa shape index (κ1) is 22.1. The van der Waals surface area contributed by atoms with Crippen LogP contribution in [0, 0.1) is 5.41 Å². The number of imidazole rings is 1. The second-order valence-electron chi connectivity index (χ2n) is 8.16. The molecule has 32 heavy (non-hydrogen) atoms. The summed E-state index contributed by atoms with van der Waals surface area (Å²) in [7, 11) is 0. The number of H-pyrrole nitrogens is 1. The maximum atomic E-state index is 13.4. The number of hydrogen-bond acceptors (Lipinski definition) is 4. The predicted octanol–water partition coefficient (Wildman–Crippen LogP) is 4.76. The van der Waals surface area contributed by atoms with Gasteiger partial charge in [0.1, 0.15) is 5.82 Å². The summed E-state index contributed by atoms with van der Waals surface area (Å²) in [4.78, 5) is 35.6. The highest BCUT2D eigenvalue weighted by atomic mass is 35.5. The Morgan fingerprint density at radius 2 is 2.06 bits per heavy atom. The minimum atomic E-state index is -0.798. The molecule has 2 aromatic carbocycles. The van der Waals surface area contributed by atoms with Gasteiger partial charge in [-0.25, -0.2) is 4.98 Å². The number of nitrogens with zero attached hydrogens (tertiary/aromatic N) is 2. The summed E-state index contributed by atoms with van der Waals surface area (Å²) < 4.78 is 5.47. The van der Waals surface area contributed by atoms with Crippen molar-refractivity contribution in [1.82, 2.24) is 14.9 Å². The number of aromatic amines is 1. The van der Waals surface area contributed by atoms with Crippen molar-refractivity contribution >= 4 is 23.5 Å². The first-order valence-corrected chi connectivity index (χ1v) is 11.2. The molecule has 1 aromatic heterocycles. The molecule has 1 N–H and O–H groups in total. The molecule has 1 aliphatic heterocycles. The molecule has 0 unspecified atom stereocenters. The van der Waals surface area contributed by atoms with E-state index in [-0.39, 0.29) is 11.9 Å². The van der Waals surface area contributed by atoms with Gasteiger partial charge in [-0.05, 0) is 56.0 Å². The molecule has 1 aliphatic rings. The van der Waals surface area contributed by atoms with Crippen LogP contribution in [0.1, 0.15) is 35.7 Å². The van der Waals surface area contributed by atoms with E-state index in [4.69, 9.17) is 16.3 Å². The van der Waals surface area contributed by atoms with Crippen LogP contribution >= 0.6 is 11.6 Å². The van der Waals surface area contributed by atoms with Crippen LogP contribution in [0.4, 0.5) is 0 Å². The highest BCUT2D eigenvalue weighted by molar-refractivity contribution is 6.30. The molecule has 1 fully saturated rings. The van der Waals surface area contributed by atoms with Gasteiger partial charge in [-0.2, -0.15) is 0 Å². The van der Waals surface area contributed by atoms with E-state index in [1.54, 1.807) is 30.3 Å². The molecule has 3 aromatic rings. The van der Waals surface area contributed by atoms with Gasteiger partial charge in [0.2, 0.25) is 0 Å². The zero-order chi connectivity index (χ0) is 22.6. The lowest BCUT2D eigenvalue weighted by Gasteiger charge is -2.41. The van der Waals surface area contributed by atoms with Crippen LogP contribution in [0.15, 0.2) is 60.9 Å². The number of amides is 1. The van der Waals surface area contributed by atoms with Gasteiger partial charge < -0.3 is 14.6 Å². The van der Waals surface area contributed by atoms with Gasteiger partial charge >= 0.3 is 5.97 Å². The fraction of sp³-hybridized carbons (Fsp3) is 0.320. The monoisotopic (exact) mass is 451 g/mol. The minimum Gasteiger partial charge on any atom is -0.466 e. The predicted molar refractivity (Wildman–Crippen MR) is 123 cm³/mol. The number of nitrogens with one attached hydrogen (secondary N) is 1. The van der Waals surface area contributed by atoms with E-state index in [2.05, 4.69) is 9.97 Å². The van der Waals surface area contributed by atoms with Gasteiger partial charge in [-0.15, -0.1) is 0 Å². The molecule has 0 saturated carbocycles. The molecule has 166 valence electrons. The molecule has 0 spiro atoms. The van der Waals surface area contributed by atoms with Crippen LogP contribution in [0.2, 0.25) is 5.02 Å². The number of hydrogen-bond donors (Lipinski definition) is 1. The highest BCUT2D eigenvalue weighted by Crippen LogP contribution is 2.36. The molecule has 0 aliphatic carbocycles. The Morgan fingerprint density at radius 3 is 2.81 bits per heavy atom. The van der Waals surface area contributed by atoms with Crippen LogP contribution in [-0.2, 0) is 16.0 Å². The Bertz CT molecular complexity index is 1100. The molecule has 7 heteroatoms. The first-order valence-electron chi connectivity index (χ1n) is 10.8. The van der Waals surface area contributed by atoms with E-state index < -0.39 is 5.41 Å². The fourth-order valence-corrected chi connectivity index (χ4v) is 4.63. The van der Waals surface area contributed by atoms with Gasteiger partial charge in [-0.3, -0.25) is 9.59 Å². The Balaban J connectivity index is 1.60. The molecule has 1 amide bonds. The molecule has 0 radical (unpaired) electrons. The number of piperidine rings is 1. The summed E-state index contributed by atoms with van der Waals surface area (Å²) >= 11 is 6.18. The van der Waals surface area contributed by atoms with E-state index in [1.165, 1.54) is 0 Å². The van der Waals surface area contributed by atoms with Crippen molar-refractivity contribution in [3.8, 4) is 11.4 Å². The summed E-state index contributed by atoms with van der Waals surface area (Å²) in [6, 6.07) is 14.9. The van der Waals surface area contributed by atoms with Crippen molar-refractivity contribution < 1.29 is 14.3 Å². The van der Waals surface area contributed by atoms with Crippen LogP contribution < -0.4 is 0 Å². The number of benzene rings is 2. The number of aromatic nitrogens is 2. The lowest BCUT2D eigenvalue weighted by Crippen LogP contribution is -2.51. The highest BCUT2D eigenvalue weighted by Gasteiger charge is 2.45. The van der Waals surface area contributed by atoms with Crippen molar-refractivity contribution in [3.63, 3.8) is 0 Å². The van der Waals surface area contributed by atoms with Crippen LogP contribution in [0.5, 0.6) is 0 Å². The average Bonchev–Trinajstić information content (AvgIpc) is 3.34. The quantitative estimate of drug-likeness (QED) is 0.548. The van der Waals surface area contributed by atoms with Gasteiger partial charge in [0.05, 0.1) is 12.0 Å². The summed E-state index contributed by atoms with van der Waals surface area (Å²) in [6.07, 6.45) is 5.29. The maximum absolute atomic E-state index is 13.4. The van der Waals surface area contributed by atoms with E-state index in [9.17, 15) is 9.59 Å². The number of esters is 1. The summed E-state index contributed by atoms with van der Waals surface area (Å²) in [5, 5.41) is 0.625. The van der Waals surface area contributed by atoms with Gasteiger partial charge in [0.25, 0.3) is 5.91 Å². The van der Waals surface area contributed by atoms with Crippen LogP contribution in [-0.4, -0.2) is 46.4 Å². The van der Waals surface area contributed by atoms with Gasteiger partial charge in [-0.1, -0.05) is 35.9 Å². The SMILES string of the molecule is CCOC(=O)[C@@]1(Cc2cccc(Cl)c2)CCCN(C(=O)c2cccc(-c3ncc[nH]3)c2)C1. The topological polar surface area (TPSA) is 75.3 Å². The molecule has 1 saturated heterocycles. The largest absolute Gasteiger partial charge is 0.466 e. The second kappa shape index (κ2) is 9.57. The summed E-state index contributed by atoms with van der Waals surface area (Å²) in [6.45, 7) is 3.01. The fourth-order valence-electron chi connectivity index (χ4n) is 4.42. The van der Waals surface area contributed by atoms with E-state index in [1.807, 2.05) is 42.5 Å². The molecular weight excluding hydrogens is 426 g/mol. The van der Waals surface area contributed by atoms with Crippen molar-refractivity contribution in [3.05, 3.63) is 77.1 Å². The first-order chi connectivity index (χ1) is 15.5. The Hall–Kier alpha value is -3.12. The lowest BCUT2D eigenvalue weighted by molar-refractivity contribution is -0.158. The standard InChI is InChI=1S/C25H26ClN3O3/c1-2-32-24(31)25(16-18-6-3-9-21(26)14-18)10-5-13-29(17-25)23(30)20-8-4-7-19(15-20)22-27-11-12-28-22/h3-4,6-9,11-12,14-15H,2,5,10,13,16-17H2,1H3,(H,27,28)/t25-/m1/s1. The third-order valence-corrected chi connectivity index (χ3v) is 6.12.